The van der Waals surface area contributed by atoms with E-state index in [1.54, 1.807) is 19.1 Å². The molecular weight excluding hydrogens is 235 g/mol. The van der Waals surface area contributed by atoms with Gasteiger partial charge in [0.25, 0.3) is 5.91 Å². The second kappa shape index (κ2) is 4.83. The van der Waals surface area contributed by atoms with Crippen LogP contribution in [0.3, 0.4) is 0 Å². The lowest BCUT2D eigenvalue weighted by molar-refractivity contribution is 0.102. The fraction of sp³-hybridized carbons (Fsp3) is 0.0769. The van der Waals surface area contributed by atoms with Crippen molar-refractivity contribution >= 4 is 11.6 Å². The molecule has 2 aromatic rings. The number of aromatic nitrogens is 1. The van der Waals surface area contributed by atoms with E-state index in [1.165, 1.54) is 18.3 Å². The van der Waals surface area contributed by atoms with Gasteiger partial charge in [0.2, 0.25) is 0 Å². The predicted molar refractivity (Wildman–Crippen MR) is 65.0 cm³/mol. The lowest BCUT2D eigenvalue weighted by Gasteiger charge is -2.06. The Labute approximate surface area is 103 Å². The molecule has 1 aromatic carbocycles. The molecule has 4 nitrogen and oxygen atoms in total. The number of hydrogen-bond acceptors (Lipinski definition) is 3. The molecule has 1 aromatic heterocycles. The van der Waals surface area contributed by atoms with Crippen LogP contribution in [0.2, 0.25) is 0 Å². The van der Waals surface area contributed by atoms with Crippen molar-refractivity contribution in [1.82, 2.24) is 4.98 Å². The minimum atomic E-state index is -0.528. The Balaban J connectivity index is 2.19. The summed E-state index contributed by atoms with van der Waals surface area (Å²) < 4.78 is 12.9. The van der Waals surface area contributed by atoms with E-state index in [-0.39, 0.29) is 11.4 Å². The zero-order chi connectivity index (χ0) is 13.1. The minimum Gasteiger partial charge on any atom is -0.508 e. The number of carbonyl (C=O) groups is 1. The fourth-order valence-electron chi connectivity index (χ4n) is 1.43. The van der Waals surface area contributed by atoms with E-state index in [0.29, 0.717) is 11.1 Å². The Morgan fingerprint density at radius 2 is 2.11 bits per heavy atom. The molecule has 0 aliphatic rings. The fourth-order valence-corrected chi connectivity index (χ4v) is 1.43. The van der Waals surface area contributed by atoms with Gasteiger partial charge in [-0.2, -0.15) is 0 Å². The highest BCUT2D eigenvalue weighted by atomic mass is 19.1. The molecule has 0 atom stereocenters. The lowest BCUT2D eigenvalue weighted by atomic mass is 10.1. The number of rotatable bonds is 2. The summed E-state index contributed by atoms with van der Waals surface area (Å²) in [6.07, 6.45) is 2.39. The van der Waals surface area contributed by atoms with Crippen LogP contribution in [0.1, 0.15) is 15.9 Å². The number of anilines is 1. The molecule has 0 saturated heterocycles. The van der Waals surface area contributed by atoms with Gasteiger partial charge < -0.3 is 10.4 Å². The smallest absolute Gasteiger partial charge is 0.255 e. The number of nitrogens with one attached hydrogen (secondary N) is 1. The van der Waals surface area contributed by atoms with Crippen molar-refractivity contribution in [2.75, 3.05) is 5.32 Å². The normalized spacial score (nSPS) is 10.1. The number of phenolic OH excluding ortho intramolecular Hbond substituents is 1. The van der Waals surface area contributed by atoms with Crippen molar-refractivity contribution in [1.29, 1.82) is 0 Å². The van der Waals surface area contributed by atoms with Crippen LogP contribution in [-0.2, 0) is 0 Å². The van der Waals surface area contributed by atoms with Crippen LogP contribution in [0.5, 0.6) is 5.75 Å². The predicted octanol–water partition coefficient (Wildman–Crippen LogP) is 2.49. The molecule has 1 amide bonds. The van der Waals surface area contributed by atoms with Crippen LogP contribution in [0.4, 0.5) is 10.1 Å². The molecule has 0 aliphatic heterocycles. The van der Waals surface area contributed by atoms with Gasteiger partial charge in [0.05, 0.1) is 18.1 Å². The van der Waals surface area contributed by atoms with Gasteiger partial charge in [0, 0.05) is 11.6 Å². The van der Waals surface area contributed by atoms with Crippen molar-refractivity contribution < 1.29 is 14.3 Å². The SMILES string of the molecule is Cc1ccc(C(=O)Nc2cncc(F)c2)cc1O. The highest BCUT2D eigenvalue weighted by molar-refractivity contribution is 6.04. The summed E-state index contributed by atoms with van der Waals surface area (Å²) in [6.45, 7) is 1.73. The summed E-state index contributed by atoms with van der Waals surface area (Å²) in [5.74, 6) is -0.919. The maximum absolute atomic E-state index is 12.9. The number of phenols is 1. The van der Waals surface area contributed by atoms with E-state index in [9.17, 15) is 14.3 Å². The molecule has 0 unspecified atom stereocenters. The molecule has 2 rings (SSSR count). The molecule has 0 bridgehead atoms. The Bertz CT molecular complexity index is 599. The summed E-state index contributed by atoms with van der Waals surface area (Å²) in [5.41, 5.74) is 1.24. The number of amides is 1. The lowest BCUT2D eigenvalue weighted by Crippen LogP contribution is -2.12. The Morgan fingerprint density at radius 1 is 1.33 bits per heavy atom. The van der Waals surface area contributed by atoms with E-state index < -0.39 is 11.7 Å². The first kappa shape index (κ1) is 12.0. The van der Waals surface area contributed by atoms with E-state index in [1.807, 2.05) is 0 Å². The number of nitrogens with zero attached hydrogens (tertiary/aromatic N) is 1. The van der Waals surface area contributed by atoms with Crippen molar-refractivity contribution in [2.45, 2.75) is 6.92 Å². The largest absolute Gasteiger partial charge is 0.508 e. The van der Waals surface area contributed by atoms with Gasteiger partial charge >= 0.3 is 0 Å². The molecule has 0 radical (unpaired) electrons. The third kappa shape index (κ3) is 2.63. The summed E-state index contributed by atoms with van der Waals surface area (Å²) in [7, 11) is 0. The third-order valence-electron chi connectivity index (χ3n) is 2.43. The molecule has 18 heavy (non-hydrogen) atoms. The highest BCUT2D eigenvalue weighted by Crippen LogP contribution is 2.18. The van der Waals surface area contributed by atoms with Crippen LogP contribution in [-0.4, -0.2) is 16.0 Å². The molecule has 2 N–H and O–H groups in total. The first-order valence-electron chi connectivity index (χ1n) is 5.28. The van der Waals surface area contributed by atoms with Crippen LogP contribution >= 0.6 is 0 Å². The zero-order valence-electron chi connectivity index (χ0n) is 9.64. The number of hydrogen-bond donors (Lipinski definition) is 2. The Hall–Kier alpha value is -2.43. The van der Waals surface area contributed by atoms with Gasteiger partial charge in [-0.3, -0.25) is 9.78 Å². The molecule has 5 heteroatoms. The molecule has 0 saturated carbocycles. The summed E-state index contributed by atoms with van der Waals surface area (Å²) in [5, 5.41) is 12.0. The molecule has 92 valence electrons. The quantitative estimate of drug-likeness (QED) is 0.855. The van der Waals surface area contributed by atoms with Gasteiger partial charge in [-0.1, -0.05) is 6.07 Å². The monoisotopic (exact) mass is 246 g/mol. The van der Waals surface area contributed by atoms with E-state index in [4.69, 9.17) is 0 Å². The second-order valence-electron chi connectivity index (χ2n) is 3.85. The summed E-state index contributed by atoms with van der Waals surface area (Å²) in [6, 6.07) is 5.74. The highest BCUT2D eigenvalue weighted by Gasteiger charge is 2.08. The minimum absolute atomic E-state index is 0.0417. The first-order valence-corrected chi connectivity index (χ1v) is 5.28. The van der Waals surface area contributed by atoms with Crippen molar-refractivity contribution in [2.24, 2.45) is 0 Å². The molecule has 1 heterocycles. The van der Waals surface area contributed by atoms with Gasteiger partial charge in [0.15, 0.2) is 0 Å². The summed E-state index contributed by atoms with van der Waals surface area (Å²) >= 11 is 0. The Kier molecular flexibility index (Phi) is 3.23. The molecule has 0 fully saturated rings. The average molecular weight is 246 g/mol. The molecule has 0 aliphatic carbocycles. The van der Waals surface area contributed by atoms with Crippen molar-refractivity contribution in [3.8, 4) is 5.75 Å². The number of aryl methyl sites for hydroxylation is 1. The number of benzene rings is 1. The second-order valence-corrected chi connectivity index (χ2v) is 3.85. The van der Waals surface area contributed by atoms with Gasteiger partial charge in [-0.05, 0) is 24.6 Å². The van der Waals surface area contributed by atoms with Crippen LogP contribution in [0, 0.1) is 12.7 Å². The zero-order valence-corrected chi connectivity index (χ0v) is 9.64. The number of halogens is 1. The van der Waals surface area contributed by atoms with Crippen molar-refractivity contribution in [3.05, 3.63) is 53.6 Å². The van der Waals surface area contributed by atoms with Crippen LogP contribution in [0.25, 0.3) is 0 Å². The third-order valence-corrected chi connectivity index (χ3v) is 2.43. The van der Waals surface area contributed by atoms with E-state index in [2.05, 4.69) is 10.3 Å². The van der Waals surface area contributed by atoms with Gasteiger partial charge in [0.1, 0.15) is 11.6 Å². The maximum atomic E-state index is 12.9. The first-order chi connectivity index (χ1) is 8.56. The van der Waals surface area contributed by atoms with Gasteiger partial charge in [-0.15, -0.1) is 0 Å². The van der Waals surface area contributed by atoms with E-state index in [0.717, 1.165) is 6.20 Å². The molecular formula is C13H11FN2O2. The standard InChI is InChI=1S/C13H11FN2O2/c1-8-2-3-9(4-12(8)17)13(18)16-11-5-10(14)6-15-7-11/h2-7,17H,1H3,(H,16,18). The van der Waals surface area contributed by atoms with Crippen LogP contribution < -0.4 is 5.32 Å². The summed E-state index contributed by atoms with van der Waals surface area (Å²) in [4.78, 5) is 15.4. The average Bonchev–Trinajstić information content (AvgIpc) is 2.32. The van der Waals surface area contributed by atoms with Crippen molar-refractivity contribution in [3.63, 3.8) is 0 Å². The maximum Gasteiger partial charge on any atom is 0.255 e. The number of pyridine rings is 1. The topological polar surface area (TPSA) is 62.2 Å². The number of aromatic hydroxyl groups is 1. The Morgan fingerprint density at radius 3 is 2.78 bits per heavy atom. The van der Waals surface area contributed by atoms with E-state index >= 15 is 0 Å². The molecule has 0 spiro atoms. The van der Waals surface area contributed by atoms with Crippen LogP contribution in [0.15, 0.2) is 36.7 Å². The number of carbonyl (C=O) groups excluding carboxylic acids is 1. The van der Waals surface area contributed by atoms with Gasteiger partial charge in [-0.25, -0.2) is 4.39 Å².